The number of hydrogen-bond donors (Lipinski definition) is 2. The molecule has 1 aromatic carbocycles. The fourth-order valence-electron chi connectivity index (χ4n) is 1.74. The molecule has 0 aliphatic carbocycles. The predicted octanol–water partition coefficient (Wildman–Crippen LogP) is 1.51. The van der Waals surface area contributed by atoms with Crippen LogP contribution in [0.25, 0.3) is 0 Å². The lowest BCUT2D eigenvalue weighted by Gasteiger charge is -2.16. The third-order valence-corrected chi connectivity index (χ3v) is 4.22. The highest BCUT2D eigenvalue weighted by Gasteiger charge is 2.28. The van der Waals surface area contributed by atoms with Crippen molar-refractivity contribution in [1.29, 1.82) is 0 Å². The highest BCUT2D eigenvalue weighted by Crippen LogP contribution is 2.21. The summed E-state index contributed by atoms with van der Waals surface area (Å²) in [6.07, 6.45) is 0.0170. The van der Waals surface area contributed by atoms with Gasteiger partial charge in [0.1, 0.15) is 16.8 Å². The quantitative estimate of drug-likeness (QED) is 0.575. The average Bonchev–Trinajstić information content (AvgIpc) is 2.36. The second kappa shape index (κ2) is 6.79. The van der Waals surface area contributed by atoms with E-state index in [0.29, 0.717) is 6.07 Å². The van der Waals surface area contributed by atoms with Crippen molar-refractivity contribution >= 4 is 21.7 Å². The number of nitro groups is 1. The molecule has 0 amide bonds. The van der Waals surface area contributed by atoms with Gasteiger partial charge in [0.2, 0.25) is 10.0 Å². The Morgan fingerprint density at radius 1 is 1.45 bits per heavy atom. The van der Waals surface area contributed by atoms with Gasteiger partial charge in [-0.25, -0.2) is 12.8 Å². The van der Waals surface area contributed by atoms with E-state index < -0.39 is 43.4 Å². The summed E-state index contributed by atoms with van der Waals surface area (Å²) in [5.41, 5.74) is -0.603. The van der Waals surface area contributed by atoms with Crippen molar-refractivity contribution in [2.24, 2.45) is 5.92 Å². The van der Waals surface area contributed by atoms with Crippen molar-refractivity contribution in [2.45, 2.75) is 31.2 Å². The Morgan fingerprint density at radius 3 is 2.45 bits per heavy atom. The van der Waals surface area contributed by atoms with Crippen LogP contribution in [0, 0.1) is 21.8 Å². The Bertz CT molecular complexity index is 689. The van der Waals surface area contributed by atoms with Gasteiger partial charge in [0.05, 0.1) is 11.0 Å². The molecule has 0 radical (unpaired) electrons. The first-order chi connectivity index (χ1) is 10.0. The van der Waals surface area contributed by atoms with E-state index >= 15 is 0 Å². The van der Waals surface area contributed by atoms with Crippen molar-refractivity contribution in [1.82, 2.24) is 4.72 Å². The molecule has 0 fully saturated rings. The summed E-state index contributed by atoms with van der Waals surface area (Å²) in [4.78, 5) is 19.9. The monoisotopic (exact) mass is 334 g/mol. The normalized spacial score (nSPS) is 13.1. The van der Waals surface area contributed by atoms with Crippen molar-refractivity contribution < 1.29 is 27.6 Å². The van der Waals surface area contributed by atoms with Crippen LogP contribution in [0.3, 0.4) is 0 Å². The number of non-ortho nitro benzene ring substituents is 1. The lowest BCUT2D eigenvalue weighted by Crippen LogP contribution is -2.41. The number of rotatable bonds is 7. The average molecular weight is 334 g/mol. The van der Waals surface area contributed by atoms with E-state index in [4.69, 9.17) is 5.11 Å². The number of halogens is 1. The highest BCUT2D eigenvalue weighted by molar-refractivity contribution is 7.89. The molecular weight excluding hydrogens is 319 g/mol. The molecular formula is C12H15FN2O6S. The molecule has 22 heavy (non-hydrogen) atoms. The largest absolute Gasteiger partial charge is 0.480 e. The minimum absolute atomic E-state index is 0.0170. The maximum Gasteiger partial charge on any atom is 0.321 e. The molecule has 1 aromatic rings. The number of carboxylic acid groups (broad SMARTS) is 1. The first-order valence-electron chi connectivity index (χ1n) is 6.23. The number of benzene rings is 1. The first-order valence-corrected chi connectivity index (χ1v) is 7.72. The van der Waals surface area contributed by atoms with Crippen LogP contribution < -0.4 is 4.72 Å². The SMILES string of the molecule is CC(C)C[C@H](NS(=O)(=O)c1ccc([N+](=O)[O-])cc1F)C(=O)O. The number of hydrogen-bond acceptors (Lipinski definition) is 5. The van der Waals surface area contributed by atoms with E-state index in [1.54, 1.807) is 13.8 Å². The number of sulfonamides is 1. The standard InChI is InChI=1S/C12H15FN2O6S/c1-7(2)5-10(12(16)17)14-22(20,21)11-4-3-8(15(18)19)6-9(11)13/h3-4,6-7,10,14H,5H2,1-2H3,(H,16,17)/t10-/m0/s1. The van der Waals surface area contributed by atoms with Crippen molar-refractivity contribution in [3.63, 3.8) is 0 Å². The summed E-state index contributed by atoms with van der Waals surface area (Å²) in [6, 6.07) is 0.604. The summed E-state index contributed by atoms with van der Waals surface area (Å²) in [5, 5.41) is 19.5. The molecule has 0 saturated carbocycles. The maximum absolute atomic E-state index is 13.7. The molecule has 0 aromatic heterocycles. The highest BCUT2D eigenvalue weighted by atomic mass is 32.2. The Kier molecular flexibility index (Phi) is 5.55. The molecule has 0 unspecified atom stereocenters. The lowest BCUT2D eigenvalue weighted by atomic mass is 10.1. The molecule has 10 heteroatoms. The van der Waals surface area contributed by atoms with Gasteiger partial charge < -0.3 is 5.11 Å². The molecule has 1 rings (SSSR count). The van der Waals surface area contributed by atoms with Crippen molar-refractivity contribution in [3.8, 4) is 0 Å². The van der Waals surface area contributed by atoms with Gasteiger partial charge in [-0.1, -0.05) is 13.8 Å². The Hall–Kier alpha value is -2.07. The molecule has 0 heterocycles. The van der Waals surface area contributed by atoms with Crippen LogP contribution >= 0.6 is 0 Å². The predicted molar refractivity (Wildman–Crippen MR) is 74.3 cm³/mol. The van der Waals surface area contributed by atoms with Crippen molar-refractivity contribution in [2.75, 3.05) is 0 Å². The van der Waals surface area contributed by atoms with Gasteiger partial charge in [-0.3, -0.25) is 14.9 Å². The molecule has 8 nitrogen and oxygen atoms in total. The minimum atomic E-state index is -4.45. The summed E-state index contributed by atoms with van der Waals surface area (Å²) < 4.78 is 39.7. The van der Waals surface area contributed by atoms with Crippen LogP contribution in [-0.2, 0) is 14.8 Å². The van der Waals surface area contributed by atoms with Crippen LogP contribution in [0.15, 0.2) is 23.1 Å². The number of aliphatic carboxylic acids is 1. The number of carboxylic acids is 1. The third kappa shape index (κ3) is 4.46. The number of nitrogens with zero attached hydrogens (tertiary/aromatic N) is 1. The fourth-order valence-corrected chi connectivity index (χ4v) is 3.00. The van der Waals surface area contributed by atoms with Crippen LogP contribution in [0.4, 0.5) is 10.1 Å². The van der Waals surface area contributed by atoms with E-state index in [1.165, 1.54) is 0 Å². The fraction of sp³-hybridized carbons (Fsp3) is 0.417. The van der Waals surface area contributed by atoms with Crippen molar-refractivity contribution in [3.05, 3.63) is 34.1 Å². The van der Waals surface area contributed by atoms with Gasteiger partial charge in [0, 0.05) is 6.07 Å². The van der Waals surface area contributed by atoms with Crippen LogP contribution in [-0.4, -0.2) is 30.5 Å². The zero-order valence-corrected chi connectivity index (χ0v) is 12.6. The topological polar surface area (TPSA) is 127 Å². The molecule has 0 spiro atoms. The van der Waals surface area contributed by atoms with E-state index in [9.17, 15) is 27.7 Å². The number of carbonyl (C=O) groups is 1. The van der Waals surface area contributed by atoms with E-state index in [0.717, 1.165) is 12.1 Å². The zero-order valence-electron chi connectivity index (χ0n) is 11.8. The van der Waals surface area contributed by atoms with Gasteiger partial charge >= 0.3 is 5.97 Å². The summed E-state index contributed by atoms with van der Waals surface area (Å²) >= 11 is 0. The smallest absolute Gasteiger partial charge is 0.321 e. The molecule has 0 aliphatic heterocycles. The summed E-state index contributed by atoms with van der Waals surface area (Å²) in [5.74, 6) is -2.82. The Morgan fingerprint density at radius 2 is 2.05 bits per heavy atom. The van der Waals surface area contributed by atoms with E-state index in [1.807, 2.05) is 4.72 Å². The van der Waals surface area contributed by atoms with Crippen LogP contribution in [0.5, 0.6) is 0 Å². The van der Waals surface area contributed by atoms with Crippen LogP contribution in [0.1, 0.15) is 20.3 Å². The van der Waals surface area contributed by atoms with Gasteiger partial charge in [-0.15, -0.1) is 0 Å². The van der Waals surface area contributed by atoms with E-state index in [2.05, 4.69) is 0 Å². The summed E-state index contributed by atoms with van der Waals surface area (Å²) in [7, 11) is -4.45. The van der Waals surface area contributed by atoms with Gasteiger partial charge in [-0.05, 0) is 18.4 Å². The molecule has 1 atom stereocenters. The van der Waals surface area contributed by atoms with Gasteiger partial charge in [0.15, 0.2) is 0 Å². The second-order valence-corrected chi connectivity index (χ2v) is 6.70. The zero-order chi connectivity index (χ0) is 17.1. The summed E-state index contributed by atoms with van der Waals surface area (Å²) in [6.45, 7) is 3.41. The minimum Gasteiger partial charge on any atom is -0.480 e. The van der Waals surface area contributed by atoms with Gasteiger partial charge in [-0.2, -0.15) is 4.72 Å². The molecule has 2 N–H and O–H groups in total. The lowest BCUT2D eigenvalue weighted by molar-refractivity contribution is -0.385. The third-order valence-electron chi connectivity index (χ3n) is 2.72. The first kappa shape index (κ1) is 18.0. The van der Waals surface area contributed by atoms with Crippen LogP contribution in [0.2, 0.25) is 0 Å². The Labute approximate surface area is 126 Å². The maximum atomic E-state index is 13.7. The molecule has 122 valence electrons. The van der Waals surface area contributed by atoms with E-state index in [-0.39, 0.29) is 12.3 Å². The molecule has 0 saturated heterocycles. The molecule has 0 aliphatic rings. The second-order valence-electron chi connectivity index (χ2n) is 5.01. The number of nitro benzene ring substituents is 1. The Balaban J connectivity index is 3.13. The van der Waals surface area contributed by atoms with Gasteiger partial charge in [0.25, 0.3) is 5.69 Å². The number of nitrogens with one attached hydrogen (secondary N) is 1. The molecule has 0 bridgehead atoms.